The number of nitrogens with zero attached hydrogens (tertiary/aromatic N) is 1. The van der Waals surface area contributed by atoms with Crippen molar-refractivity contribution in [3.63, 3.8) is 0 Å². The molecule has 29 heavy (non-hydrogen) atoms. The maximum atomic E-state index is 12.2. The minimum absolute atomic E-state index is 0.384. The van der Waals surface area contributed by atoms with E-state index in [0.29, 0.717) is 18.7 Å². The molecule has 2 aromatic carbocycles. The fraction of sp³-hybridized carbons (Fsp3) is 0.261. The minimum atomic E-state index is -0.653. The summed E-state index contributed by atoms with van der Waals surface area (Å²) in [4.78, 5) is 30.1. The first kappa shape index (κ1) is 20.7. The average Bonchev–Trinajstić information content (AvgIpc) is 3.06. The van der Waals surface area contributed by atoms with Crippen molar-refractivity contribution < 1.29 is 9.59 Å². The minimum Gasteiger partial charge on any atom is -0.347 e. The van der Waals surface area contributed by atoms with Gasteiger partial charge in [-0.1, -0.05) is 42.0 Å². The summed E-state index contributed by atoms with van der Waals surface area (Å²) in [6.45, 7) is 8.30. The quantitative estimate of drug-likeness (QED) is 0.618. The number of carbonyl (C=O) groups is 2. The van der Waals surface area contributed by atoms with Crippen LogP contribution in [0.2, 0.25) is 0 Å². The average molecular weight is 408 g/mol. The molecule has 2 N–H and O–H groups in total. The van der Waals surface area contributed by atoms with Crippen molar-refractivity contribution >= 4 is 28.8 Å². The van der Waals surface area contributed by atoms with Crippen LogP contribution in [0.4, 0.5) is 5.69 Å². The zero-order chi connectivity index (χ0) is 21.0. The number of aromatic nitrogens is 1. The Kier molecular flexibility index (Phi) is 6.44. The van der Waals surface area contributed by atoms with Gasteiger partial charge in [-0.15, -0.1) is 11.3 Å². The number of amides is 2. The van der Waals surface area contributed by atoms with E-state index in [2.05, 4.69) is 46.8 Å². The van der Waals surface area contributed by atoms with Crippen molar-refractivity contribution in [2.75, 3.05) is 11.9 Å². The summed E-state index contributed by atoms with van der Waals surface area (Å²) in [7, 11) is 0. The Morgan fingerprint density at radius 3 is 2.41 bits per heavy atom. The van der Waals surface area contributed by atoms with Gasteiger partial charge in [-0.3, -0.25) is 9.59 Å². The van der Waals surface area contributed by atoms with Crippen LogP contribution in [0, 0.1) is 27.7 Å². The summed E-state index contributed by atoms with van der Waals surface area (Å²) in [6, 6.07) is 13.9. The second-order valence-corrected chi connectivity index (χ2v) is 8.18. The van der Waals surface area contributed by atoms with Crippen LogP contribution >= 0.6 is 11.3 Å². The maximum Gasteiger partial charge on any atom is 0.313 e. The molecule has 0 fully saturated rings. The van der Waals surface area contributed by atoms with Crippen LogP contribution in [0.1, 0.15) is 27.3 Å². The Morgan fingerprint density at radius 1 is 0.966 bits per heavy atom. The molecule has 0 saturated heterocycles. The van der Waals surface area contributed by atoms with E-state index in [-0.39, 0.29) is 0 Å². The number of anilines is 1. The van der Waals surface area contributed by atoms with E-state index < -0.39 is 11.8 Å². The van der Waals surface area contributed by atoms with E-state index in [1.165, 1.54) is 5.56 Å². The van der Waals surface area contributed by atoms with Crippen molar-refractivity contribution in [2.24, 2.45) is 0 Å². The van der Waals surface area contributed by atoms with Gasteiger partial charge in [-0.05, 0) is 44.9 Å². The first-order chi connectivity index (χ1) is 13.8. The Morgan fingerprint density at radius 2 is 1.69 bits per heavy atom. The molecule has 3 aromatic rings. The van der Waals surface area contributed by atoms with Gasteiger partial charge in [-0.2, -0.15) is 0 Å². The first-order valence-electron chi connectivity index (χ1n) is 9.54. The van der Waals surface area contributed by atoms with Crippen molar-refractivity contribution in [2.45, 2.75) is 34.1 Å². The predicted molar refractivity (Wildman–Crippen MR) is 118 cm³/mol. The standard InChI is InChI=1S/C23H25N3O2S/c1-14-8-10-18(11-9-14)23-25-17(4)20(29-23)12-13-24-21(27)22(28)26-19-7-5-6-15(2)16(19)3/h5-11H,12-13H2,1-4H3,(H,24,27)(H,26,28). The van der Waals surface area contributed by atoms with Crippen LogP contribution in [-0.4, -0.2) is 23.3 Å². The summed E-state index contributed by atoms with van der Waals surface area (Å²) in [5.41, 5.74) is 5.94. The van der Waals surface area contributed by atoms with Crippen LogP contribution in [0.15, 0.2) is 42.5 Å². The number of nitrogens with one attached hydrogen (secondary N) is 2. The third-order valence-corrected chi connectivity index (χ3v) is 6.15. The van der Waals surface area contributed by atoms with Gasteiger partial charge in [-0.25, -0.2) is 4.98 Å². The number of carbonyl (C=O) groups excluding carboxylic acids is 2. The van der Waals surface area contributed by atoms with Gasteiger partial charge < -0.3 is 10.6 Å². The van der Waals surface area contributed by atoms with Crippen molar-refractivity contribution in [1.29, 1.82) is 0 Å². The van der Waals surface area contributed by atoms with Gasteiger partial charge in [0.25, 0.3) is 0 Å². The molecule has 3 rings (SSSR count). The lowest BCUT2D eigenvalue weighted by Crippen LogP contribution is -2.36. The molecule has 6 heteroatoms. The molecule has 0 spiro atoms. The topological polar surface area (TPSA) is 71.1 Å². The van der Waals surface area contributed by atoms with Crippen LogP contribution in [0.25, 0.3) is 10.6 Å². The Labute approximate surface area is 175 Å². The second-order valence-electron chi connectivity index (χ2n) is 7.10. The number of benzene rings is 2. The Bertz CT molecular complexity index is 1040. The summed E-state index contributed by atoms with van der Waals surface area (Å²) >= 11 is 1.62. The highest BCUT2D eigenvalue weighted by Crippen LogP contribution is 2.28. The molecule has 0 aliphatic carbocycles. The SMILES string of the molecule is Cc1ccc(-c2nc(C)c(CCNC(=O)C(=O)Nc3cccc(C)c3C)s2)cc1. The first-order valence-corrected chi connectivity index (χ1v) is 10.4. The number of aryl methyl sites for hydroxylation is 3. The van der Waals surface area contributed by atoms with Crippen LogP contribution in [0.5, 0.6) is 0 Å². The fourth-order valence-electron chi connectivity index (χ4n) is 2.92. The van der Waals surface area contributed by atoms with Gasteiger partial charge in [0.2, 0.25) is 0 Å². The molecule has 1 heterocycles. The third kappa shape index (κ3) is 5.09. The monoisotopic (exact) mass is 407 g/mol. The zero-order valence-electron chi connectivity index (χ0n) is 17.1. The lowest BCUT2D eigenvalue weighted by atomic mass is 10.1. The Balaban J connectivity index is 1.55. The molecule has 0 radical (unpaired) electrons. The molecule has 150 valence electrons. The lowest BCUT2D eigenvalue weighted by molar-refractivity contribution is -0.136. The molecule has 5 nitrogen and oxygen atoms in total. The highest BCUT2D eigenvalue weighted by atomic mass is 32.1. The third-order valence-electron chi connectivity index (χ3n) is 4.89. The zero-order valence-corrected chi connectivity index (χ0v) is 17.9. The number of hydrogen-bond donors (Lipinski definition) is 2. The van der Waals surface area contributed by atoms with Crippen molar-refractivity contribution in [1.82, 2.24) is 10.3 Å². The molecule has 0 aliphatic heterocycles. The molecule has 0 saturated carbocycles. The molecule has 0 atom stereocenters. The summed E-state index contributed by atoms with van der Waals surface area (Å²) < 4.78 is 0. The van der Waals surface area contributed by atoms with Gasteiger partial charge in [0.05, 0.1) is 5.69 Å². The van der Waals surface area contributed by atoms with Gasteiger partial charge in [0.1, 0.15) is 5.01 Å². The predicted octanol–water partition coefficient (Wildman–Crippen LogP) is 4.34. The van der Waals surface area contributed by atoms with Crippen molar-refractivity contribution in [3.05, 3.63) is 69.7 Å². The fourth-order valence-corrected chi connectivity index (χ4v) is 3.98. The maximum absolute atomic E-state index is 12.2. The summed E-state index contributed by atoms with van der Waals surface area (Å²) in [5.74, 6) is -1.29. The van der Waals surface area contributed by atoms with E-state index in [1.807, 2.05) is 32.9 Å². The van der Waals surface area contributed by atoms with Crippen LogP contribution in [-0.2, 0) is 16.0 Å². The molecule has 1 aromatic heterocycles. The van der Waals surface area contributed by atoms with Gasteiger partial charge in [0, 0.05) is 29.1 Å². The van der Waals surface area contributed by atoms with Crippen molar-refractivity contribution in [3.8, 4) is 10.6 Å². The molecular weight excluding hydrogens is 382 g/mol. The van der Waals surface area contributed by atoms with E-state index in [4.69, 9.17) is 0 Å². The summed E-state index contributed by atoms with van der Waals surface area (Å²) in [5, 5.41) is 6.35. The second kappa shape index (κ2) is 9.01. The molecule has 0 aliphatic rings. The van der Waals surface area contributed by atoms with E-state index >= 15 is 0 Å². The summed E-state index contributed by atoms with van der Waals surface area (Å²) in [6.07, 6.45) is 0.637. The lowest BCUT2D eigenvalue weighted by Gasteiger charge is -2.10. The molecular formula is C23H25N3O2S. The van der Waals surface area contributed by atoms with E-state index in [9.17, 15) is 9.59 Å². The van der Waals surface area contributed by atoms with E-state index in [1.54, 1.807) is 17.4 Å². The molecule has 0 unspecified atom stereocenters. The van der Waals surface area contributed by atoms with Crippen LogP contribution < -0.4 is 10.6 Å². The smallest absolute Gasteiger partial charge is 0.313 e. The largest absolute Gasteiger partial charge is 0.347 e. The van der Waals surface area contributed by atoms with Gasteiger partial charge in [0.15, 0.2) is 0 Å². The van der Waals surface area contributed by atoms with Gasteiger partial charge >= 0.3 is 11.8 Å². The Hall–Kier alpha value is -2.99. The van der Waals surface area contributed by atoms with E-state index in [0.717, 1.165) is 32.3 Å². The highest BCUT2D eigenvalue weighted by molar-refractivity contribution is 7.15. The normalized spacial score (nSPS) is 10.6. The number of rotatable bonds is 5. The molecule has 2 amide bonds. The number of hydrogen-bond acceptors (Lipinski definition) is 4. The molecule has 0 bridgehead atoms. The number of thiazole rings is 1. The highest BCUT2D eigenvalue weighted by Gasteiger charge is 2.15. The van der Waals surface area contributed by atoms with Crippen LogP contribution in [0.3, 0.4) is 0 Å².